The van der Waals surface area contributed by atoms with E-state index < -0.39 is 0 Å². The first-order chi connectivity index (χ1) is 16.1. The first-order valence-electron chi connectivity index (χ1n) is 11.2. The molecule has 9 heteroatoms. The summed E-state index contributed by atoms with van der Waals surface area (Å²) >= 11 is 3.19. The smallest absolute Gasteiger partial charge is 0.240 e. The Kier molecular flexibility index (Phi) is 6.87. The van der Waals surface area contributed by atoms with Crippen molar-refractivity contribution in [2.45, 2.75) is 51.3 Å². The highest BCUT2D eigenvalue weighted by atomic mass is 32.2. The van der Waals surface area contributed by atoms with Gasteiger partial charge in [0.15, 0.2) is 0 Å². The Labute approximate surface area is 207 Å². The number of hydrogen-bond acceptors (Lipinski definition) is 5. The average molecular weight is 501 g/mol. The molecule has 0 fully saturated rings. The highest BCUT2D eigenvalue weighted by Gasteiger charge is 2.40. The van der Waals surface area contributed by atoms with Gasteiger partial charge < -0.3 is 5.32 Å². The van der Waals surface area contributed by atoms with Gasteiger partial charge in [-0.3, -0.25) is 14.5 Å². The minimum Gasteiger partial charge on any atom is -0.352 e. The molecule has 1 aromatic carbocycles. The Balaban J connectivity index is 1.98. The summed E-state index contributed by atoms with van der Waals surface area (Å²) in [5.41, 5.74) is 2.08. The zero-order chi connectivity index (χ0) is 24.6. The lowest BCUT2D eigenvalue weighted by Crippen LogP contribution is -2.44. The van der Waals surface area contributed by atoms with E-state index >= 15 is 0 Å². The fraction of sp³-hybridized carbons (Fsp3) is 0.400. The number of thioether (sulfide) groups is 1. The number of benzene rings is 1. The first kappa shape index (κ1) is 24.5. The quantitative estimate of drug-likeness (QED) is 0.532. The van der Waals surface area contributed by atoms with Gasteiger partial charge in [0.25, 0.3) is 0 Å². The van der Waals surface area contributed by atoms with Crippen LogP contribution in [-0.4, -0.2) is 39.9 Å². The summed E-state index contributed by atoms with van der Waals surface area (Å²) in [5.74, 6) is 0.0586. The summed E-state index contributed by atoms with van der Waals surface area (Å²) in [6.45, 7) is 9.92. The molecule has 2 amide bonds. The number of nitrogens with one attached hydrogen (secondary N) is 1. The molecule has 0 bridgehead atoms. The van der Waals surface area contributed by atoms with E-state index in [0.717, 1.165) is 16.1 Å². The van der Waals surface area contributed by atoms with E-state index in [4.69, 9.17) is 5.10 Å². The Morgan fingerprint density at radius 1 is 1.24 bits per heavy atom. The Morgan fingerprint density at radius 2 is 1.94 bits per heavy atom. The van der Waals surface area contributed by atoms with Gasteiger partial charge >= 0.3 is 0 Å². The van der Waals surface area contributed by atoms with Gasteiger partial charge in [-0.1, -0.05) is 26.8 Å². The summed E-state index contributed by atoms with van der Waals surface area (Å²) in [5, 5.41) is 9.78. The van der Waals surface area contributed by atoms with E-state index in [0.29, 0.717) is 11.5 Å². The van der Waals surface area contributed by atoms with Crippen LogP contribution in [0.25, 0.3) is 5.69 Å². The molecule has 34 heavy (non-hydrogen) atoms. The minimum atomic E-state index is -0.352. The summed E-state index contributed by atoms with van der Waals surface area (Å²) in [7, 11) is 0. The van der Waals surface area contributed by atoms with Crippen molar-refractivity contribution in [3.8, 4) is 5.69 Å². The fourth-order valence-electron chi connectivity index (χ4n) is 4.01. The number of aromatic nitrogens is 2. The monoisotopic (exact) mass is 500 g/mol. The summed E-state index contributed by atoms with van der Waals surface area (Å²) in [6.07, 6.45) is 0. The SMILES string of the molecule is CC(C)NC(=O)CN1C(=O)CS[C@H](c2cccs2)c2c(C(C)(C)C)nn(-c3ccc(F)cc3)c21. The van der Waals surface area contributed by atoms with Crippen molar-refractivity contribution in [2.24, 2.45) is 0 Å². The van der Waals surface area contributed by atoms with Crippen molar-refractivity contribution in [2.75, 3.05) is 17.2 Å². The minimum absolute atomic E-state index is 0.0468. The first-order valence-corrected chi connectivity index (χ1v) is 13.1. The lowest BCUT2D eigenvalue weighted by molar-refractivity contribution is -0.123. The Bertz CT molecular complexity index is 1180. The van der Waals surface area contributed by atoms with E-state index in [1.807, 2.05) is 25.3 Å². The van der Waals surface area contributed by atoms with Gasteiger partial charge in [0.1, 0.15) is 18.2 Å². The van der Waals surface area contributed by atoms with Gasteiger partial charge in [0.2, 0.25) is 11.8 Å². The molecule has 1 atom stereocenters. The molecule has 4 rings (SSSR count). The third-order valence-corrected chi connectivity index (χ3v) is 7.75. The number of fused-ring (bicyclic) bond motifs is 1. The molecule has 0 aliphatic carbocycles. The predicted molar refractivity (Wildman–Crippen MR) is 136 cm³/mol. The topological polar surface area (TPSA) is 67.2 Å². The number of nitrogens with zero attached hydrogens (tertiary/aromatic N) is 3. The molecule has 1 N–H and O–H groups in total. The molecule has 3 heterocycles. The van der Waals surface area contributed by atoms with Crippen molar-refractivity contribution in [1.82, 2.24) is 15.1 Å². The van der Waals surface area contributed by atoms with E-state index in [2.05, 4.69) is 32.2 Å². The van der Waals surface area contributed by atoms with Crippen molar-refractivity contribution >= 4 is 40.7 Å². The second-order valence-electron chi connectivity index (χ2n) is 9.63. The van der Waals surface area contributed by atoms with Crippen LogP contribution in [0.1, 0.15) is 56.0 Å². The van der Waals surface area contributed by atoms with Crippen LogP contribution in [0, 0.1) is 5.82 Å². The van der Waals surface area contributed by atoms with Crippen LogP contribution in [0.4, 0.5) is 10.2 Å². The number of thiophene rings is 1. The van der Waals surface area contributed by atoms with Crippen molar-refractivity contribution in [3.05, 3.63) is 63.7 Å². The number of carbonyl (C=O) groups excluding carboxylic acids is 2. The molecule has 180 valence electrons. The lowest BCUT2D eigenvalue weighted by Gasteiger charge is -2.24. The summed E-state index contributed by atoms with van der Waals surface area (Å²) in [6, 6.07) is 10.1. The normalized spacial score (nSPS) is 16.5. The van der Waals surface area contributed by atoms with Gasteiger partial charge in [0, 0.05) is 21.9 Å². The molecule has 0 unspecified atom stereocenters. The number of amides is 2. The van der Waals surface area contributed by atoms with Crippen molar-refractivity contribution < 1.29 is 14.0 Å². The van der Waals surface area contributed by atoms with Crippen LogP contribution in [0.3, 0.4) is 0 Å². The van der Waals surface area contributed by atoms with Crippen LogP contribution < -0.4 is 10.2 Å². The number of anilines is 1. The van der Waals surface area contributed by atoms with Gasteiger partial charge in [-0.2, -0.15) is 5.10 Å². The van der Waals surface area contributed by atoms with E-state index in [-0.39, 0.29) is 46.6 Å². The van der Waals surface area contributed by atoms with Crippen LogP contribution in [-0.2, 0) is 15.0 Å². The molecule has 1 aliphatic heterocycles. The zero-order valence-electron chi connectivity index (χ0n) is 20.0. The molecular weight excluding hydrogens is 471 g/mol. The molecule has 0 radical (unpaired) electrons. The third kappa shape index (κ3) is 4.90. The maximum atomic E-state index is 13.7. The van der Waals surface area contributed by atoms with E-state index in [1.165, 1.54) is 12.1 Å². The molecule has 0 spiro atoms. The fourth-order valence-corrected chi connectivity index (χ4v) is 6.19. The third-order valence-electron chi connectivity index (χ3n) is 5.42. The number of rotatable bonds is 5. The van der Waals surface area contributed by atoms with Gasteiger partial charge in [-0.25, -0.2) is 9.07 Å². The summed E-state index contributed by atoms with van der Waals surface area (Å²) in [4.78, 5) is 28.9. The highest BCUT2D eigenvalue weighted by molar-refractivity contribution is 8.00. The van der Waals surface area contributed by atoms with Gasteiger partial charge in [-0.05, 0) is 49.6 Å². The Morgan fingerprint density at radius 3 is 2.53 bits per heavy atom. The van der Waals surface area contributed by atoms with Crippen molar-refractivity contribution in [1.29, 1.82) is 0 Å². The summed E-state index contributed by atoms with van der Waals surface area (Å²) < 4.78 is 15.4. The van der Waals surface area contributed by atoms with Gasteiger partial charge in [0.05, 0.1) is 22.4 Å². The average Bonchev–Trinajstić information content (AvgIpc) is 3.38. The molecule has 0 saturated carbocycles. The zero-order valence-corrected chi connectivity index (χ0v) is 21.6. The van der Waals surface area contributed by atoms with Crippen LogP contribution in [0.2, 0.25) is 0 Å². The molecule has 2 aromatic heterocycles. The molecule has 1 aliphatic rings. The van der Waals surface area contributed by atoms with Crippen molar-refractivity contribution in [3.63, 3.8) is 0 Å². The predicted octanol–water partition coefficient (Wildman–Crippen LogP) is 5.06. The molecule has 3 aromatic rings. The lowest BCUT2D eigenvalue weighted by atomic mass is 9.88. The number of halogens is 1. The molecule has 0 saturated heterocycles. The second-order valence-corrected chi connectivity index (χ2v) is 11.7. The maximum Gasteiger partial charge on any atom is 0.240 e. The van der Waals surface area contributed by atoms with Crippen LogP contribution >= 0.6 is 23.1 Å². The van der Waals surface area contributed by atoms with Crippen LogP contribution in [0.5, 0.6) is 0 Å². The Hall–Kier alpha value is -2.65. The van der Waals surface area contributed by atoms with E-state index in [1.54, 1.807) is 44.8 Å². The largest absolute Gasteiger partial charge is 0.352 e. The van der Waals surface area contributed by atoms with E-state index in [9.17, 15) is 14.0 Å². The van der Waals surface area contributed by atoms with Crippen LogP contribution in [0.15, 0.2) is 41.8 Å². The standard InChI is InChI=1S/C25H29FN4O2S2/c1-15(2)27-19(31)13-29-20(32)14-34-22(18-7-6-12-33-18)21-23(25(3,4)5)28-30(24(21)29)17-10-8-16(26)9-11-17/h6-12,15,22H,13-14H2,1-5H3,(H,27,31)/t22-/m1/s1. The number of hydrogen-bond donors (Lipinski definition) is 1. The highest BCUT2D eigenvalue weighted by Crippen LogP contribution is 2.49. The molecule has 6 nitrogen and oxygen atoms in total. The number of carbonyl (C=O) groups is 2. The maximum absolute atomic E-state index is 13.7. The second kappa shape index (κ2) is 9.54. The van der Waals surface area contributed by atoms with Gasteiger partial charge in [-0.15, -0.1) is 23.1 Å². The molecular formula is C25H29FN4O2S2.